The minimum absolute atomic E-state index is 0.315. The Morgan fingerprint density at radius 1 is 1.78 bits per heavy atom. The van der Waals surface area contributed by atoms with Crippen LogP contribution in [0.15, 0.2) is 18.5 Å². The fourth-order valence-electron chi connectivity index (χ4n) is 0.679. The van der Waals surface area contributed by atoms with Crippen LogP contribution in [0.25, 0.3) is 0 Å². The first kappa shape index (κ1) is 6.29. The van der Waals surface area contributed by atoms with E-state index in [0.29, 0.717) is 6.54 Å². The van der Waals surface area contributed by atoms with E-state index in [0.717, 1.165) is 0 Å². The van der Waals surface area contributed by atoms with Gasteiger partial charge in [-0.2, -0.15) is 5.10 Å². The monoisotopic (exact) mass is 126 g/mol. The Kier molecular flexibility index (Phi) is 1.85. The van der Waals surface area contributed by atoms with Crippen LogP contribution in [0.5, 0.6) is 0 Å². The van der Waals surface area contributed by atoms with Crippen molar-refractivity contribution in [3.8, 4) is 0 Å². The second-order valence-corrected chi connectivity index (χ2v) is 2.08. The first-order valence-corrected chi connectivity index (χ1v) is 2.94. The quantitative estimate of drug-likeness (QED) is 0.617. The van der Waals surface area contributed by atoms with E-state index in [1.54, 1.807) is 17.8 Å². The molecule has 0 amide bonds. The van der Waals surface area contributed by atoms with E-state index < -0.39 is 0 Å². The van der Waals surface area contributed by atoms with Crippen molar-refractivity contribution in [3.63, 3.8) is 0 Å². The van der Waals surface area contributed by atoms with E-state index in [2.05, 4.69) is 5.10 Å². The number of aliphatic hydroxyl groups excluding tert-OH is 1. The molecule has 0 aliphatic heterocycles. The van der Waals surface area contributed by atoms with E-state index in [1.165, 1.54) is 0 Å². The highest BCUT2D eigenvalue weighted by Crippen LogP contribution is 1.87. The summed E-state index contributed by atoms with van der Waals surface area (Å²) in [5.74, 6) is 0. The molecule has 0 aliphatic rings. The minimum Gasteiger partial charge on any atom is -0.391 e. The van der Waals surface area contributed by atoms with E-state index in [4.69, 9.17) is 5.11 Å². The van der Waals surface area contributed by atoms with Gasteiger partial charge >= 0.3 is 0 Å². The molecule has 9 heavy (non-hydrogen) atoms. The van der Waals surface area contributed by atoms with Crippen LogP contribution in [-0.2, 0) is 6.54 Å². The predicted molar refractivity (Wildman–Crippen MR) is 33.9 cm³/mol. The molecule has 0 bridgehead atoms. The molecule has 0 aliphatic carbocycles. The molecule has 0 fully saturated rings. The van der Waals surface area contributed by atoms with Crippen LogP contribution in [0.4, 0.5) is 0 Å². The van der Waals surface area contributed by atoms with Gasteiger partial charge in [0.2, 0.25) is 0 Å². The zero-order chi connectivity index (χ0) is 6.69. The topological polar surface area (TPSA) is 38.0 Å². The minimum atomic E-state index is -0.315. The maximum Gasteiger partial charge on any atom is 0.0708 e. The van der Waals surface area contributed by atoms with E-state index in [-0.39, 0.29) is 6.10 Å². The lowest BCUT2D eigenvalue weighted by Gasteiger charge is -2.01. The SMILES string of the molecule is C[C@H](O)Cn1cccn1. The average Bonchev–Trinajstić information content (AvgIpc) is 2.15. The highest BCUT2D eigenvalue weighted by molar-refractivity contribution is 4.77. The first-order valence-electron chi connectivity index (χ1n) is 2.94. The Hall–Kier alpha value is -0.830. The van der Waals surface area contributed by atoms with Crippen molar-refractivity contribution in [2.45, 2.75) is 19.6 Å². The lowest BCUT2D eigenvalue weighted by atomic mass is 10.4. The highest BCUT2D eigenvalue weighted by Gasteiger charge is 1.94. The van der Waals surface area contributed by atoms with Crippen LogP contribution in [0.3, 0.4) is 0 Å². The Balaban J connectivity index is 2.48. The molecule has 1 heterocycles. The second-order valence-electron chi connectivity index (χ2n) is 2.08. The lowest BCUT2D eigenvalue weighted by Crippen LogP contribution is -2.11. The van der Waals surface area contributed by atoms with Gasteiger partial charge in [0.1, 0.15) is 0 Å². The van der Waals surface area contributed by atoms with Crippen molar-refractivity contribution < 1.29 is 5.11 Å². The number of aromatic nitrogens is 2. The van der Waals surface area contributed by atoms with Gasteiger partial charge < -0.3 is 5.11 Å². The Bertz CT molecular complexity index is 158. The summed E-state index contributed by atoms with van der Waals surface area (Å²) in [7, 11) is 0. The molecule has 0 unspecified atom stereocenters. The highest BCUT2D eigenvalue weighted by atomic mass is 16.3. The van der Waals surface area contributed by atoms with Crippen LogP contribution >= 0.6 is 0 Å². The third-order valence-corrected chi connectivity index (χ3v) is 1.01. The van der Waals surface area contributed by atoms with Gasteiger partial charge in [-0.15, -0.1) is 0 Å². The molecule has 0 saturated heterocycles. The molecule has 50 valence electrons. The fraction of sp³-hybridized carbons (Fsp3) is 0.500. The van der Waals surface area contributed by atoms with Gasteiger partial charge in [-0.3, -0.25) is 4.68 Å². The molecular formula is C6H10N2O. The summed E-state index contributed by atoms with van der Waals surface area (Å²) in [4.78, 5) is 0. The number of hydrogen-bond acceptors (Lipinski definition) is 2. The fourth-order valence-corrected chi connectivity index (χ4v) is 0.679. The molecular weight excluding hydrogens is 116 g/mol. The largest absolute Gasteiger partial charge is 0.391 e. The number of rotatable bonds is 2. The Morgan fingerprint density at radius 3 is 3.00 bits per heavy atom. The molecule has 3 heteroatoms. The molecule has 0 saturated carbocycles. The van der Waals surface area contributed by atoms with E-state index >= 15 is 0 Å². The normalized spacial score (nSPS) is 13.6. The summed E-state index contributed by atoms with van der Waals surface area (Å²) in [5, 5.41) is 12.8. The van der Waals surface area contributed by atoms with Crippen molar-refractivity contribution in [3.05, 3.63) is 18.5 Å². The first-order chi connectivity index (χ1) is 4.29. The smallest absolute Gasteiger partial charge is 0.0708 e. The van der Waals surface area contributed by atoms with Crippen LogP contribution in [0.1, 0.15) is 6.92 Å². The molecule has 3 nitrogen and oxygen atoms in total. The summed E-state index contributed by atoms with van der Waals surface area (Å²) in [6.07, 6.45) is 3.21. The maximum absolute atomic E-state index is 8.86. The average molecular weight is 126 g/mol. The standard InChI is InChI=1S/C6H10N2O/c1-6(9)5-8-4-2-3-7-8/h2-4,6,9H,5H2,1H3/t6-/m0/s1. The van der Waals surface area contributed by atoms with Gasteiger partial charge in [0.15, 0.2) is 0 Å². The van der Waals surface area contributed by atoms with Crippen LogP contribution < -0.4 is 0 Å². The molecule has 1 N–H and O–H groups in total. The summed E-state index contributed by atoms with van der Waals surface area (Å²) >= 11 is 0. The van der Waals surface area contributed by atoms with Crippen molar-refractivity contribution in [2.24, 2.45) is 0 Å². The van der Waals surface area contributed by atoms with Crippen LogP contribution in [0, 0.1) is 0 Å². The number of nitrogens with zero attached hydrogens (tertiary/aromatic N) is 2. The van der Waals surface area contributed by atoms with Gasteiger partial charge in [-0.25, -0.2) is 0 Å². The summed E-state index contributed by atoms with van der Waals surface area (Å²) < 4.78 is 1.70. The molecule has 0 radical (unpaired) electrons. The van der Waals surface area contributed by atoms with Crippen molar-refractivity contribution >= 4 is 0 Å². The summed E-state index contributed by atoms with van der Waals surface area (Å²) in [5.41, 5.74) is 0. The third kappa shape index (κ3) is 1.85. The molecule has 1 aromatic heterocycles. The Morgan fingerprint density at radius 2 is 2.56 bits per heavy atom. The van der Waals surface area contributed by atoms with Gasteiger partial charge in [0.05, 0.1) is 12.6 Å². The number of aliphatic hydroxyl groups is 1. The zero-order valence-electron chi connectivity index (χ0n) is 5.36. The molecule has 1 aromatic rings. The van der Waals surface area contributed by atoms with Crippen molar-refractivity contribution in [2.75, 3.05) is 0 Å². The van der Waals surface area contributed by atoms with Crippen molar-refractivity contribution in [1.29, 1.82) is 0 Å². The lowest BCUT2D eigenvalue weighted by molar-refractivity contribution is 0.168. The van der Waals surface area contributed by atoms with E-state index in [1.807, 2.05) is 12.3 Å². The van der Waals surface area contributed by atoms with E-state index in [9.17, 15) is 0 Å². The summed E-state index contributed by atoms with van der Waals surface area (Å²) in [6, 6.07) is 1.84. The Labute approximate surface area is 53.9 Å². The second kappa shape index (κ2) is 2.64. The van der Waals surface area contributed by atoms with Crippen LogP contribution in [-0.4, -0.2) is 21.0 Å². The predicted octanol–water partition coefficient (Wildman–Crippen LogP) is 0.264. The molecule has 0 aromatic carbocycles. The maximum atomic E-state index is 8.86. The van der Waals surface area contributed by atoms with Gasteiger partial charge in [0.25, 0.3) is 0 Å². The third-order valence-electron chi connectivity index (χ3n) is 1.01. The number of hydrogen-bond donors (Lipinski definition) is 1. The molecule has 1 rings (SSSR count). The van der Waals surface area contributed by atoms with Gasteiger partial charge in [-0.05, 0) is 13.0 Å². The summed E-state index contributed by atoms with van der Waals surface area (Å²) in [6.45, 7) is 2.31. The zero-order valence-corrected chi connectivity index (χ0v) is 5.36. The molecule has 0 spiro atoms. The van der Waals surface area contributed by atoms with Gasteiger partial charge in [0, 0.05) is 12.4 Å². The molecule has 1 atom stereocenters. The van der Waals surface area contributed by atoms with Crippen molar-refractivity contribution in [1.82, 2.24) is 9.78 Å². The van der Waals surface area contributed by atoms with Gasteiger partial charge in [-0.1, -0.05) is 0 Å². The van der Waals surface area contributed by atoms with Crippen LogP contribution in [0.2, 0.25) is 0 Å².